The Hall–Kier alpha value is -5.98. The average molecular weight is 797 g/mol. The van der Waals surface area contributed by atoms with Crippen LogP contribution in [0, 0.1) is 0 Å². The highest BCUT2D eigenvalue weighted by Crippen LogP contribution is 2.46. The van der Waals surface area contributed by atoms with Gasteiger partial charge in [-0.1, -0.05) is 12.6 Å². The lowest BCUT2D eigenvalue weighted by Crippen LogP contribution is -2.46. The van der Waals surface area contributed by atoms with Crippen molar-refractivity contribution in [2.24, 2.45) is 0 Å². The van der Waals surface area contributed by atoms with Crippen molar-refractivity contribution in [3.05, 3.63) is 100 Å². The smallest absolute Gasteiger partial charge is 0.421 e. The second kappa shape index (κ2) is 13.9. The number of ether oxygens (including phenoxy) is 2. The molecule has 0 spiro atoms. The van der Waals surface area contributed by atoms with Crippen LogP contribution >= 0.6 is 0 Å². The molecule has 0 bridgehead atoms. The van der Waals surface area contributed by atoms with Gasteiger partial charge < -0.3 is 30.7 Å². The highest BCUT2D eigenvalue weighted by atomic mass is 19.4. The van der Waals surface area contributed by atoms with E-state index in [1.807, 2.05) is 6.07 Å². The molecule has 2 atom stereocenters. The van der Waals surface area contributed by atoms with E-state index in [4.69, 9.17) is 26.0 Å². The molecule has 57 heavy (non-hydrogen) atoms. The summed E-state index contributed by atoms with van der Waals surface area (Å²) in [5.41, 5.74) is 10.4. The fourth-order valence-electron chi connectivity index (χ4n) is 7.29. The molecule has 2 aliphatic carbocycles. The van der Waals surface area contributed by atoms with Crippen LogP contribution in [0.15, 0.2) is 55.4 Å². The summed E-state index contributed by atoms with van der Waals surface area (Å²) in [5, 5.41) is 5.01. The first-order chi connectivity index (χ1) is 27.0. The standard InChI is InChI=1S/C38H34F6N8O5/c1-2-32(53)50-16-27-33-26(9-10-51(27)35(54)21-14-47-30(12-23(21)45)37(39,40)41)52(49-34(33)29(17-50)56-20-6-7-20)25-8-5-19(18-3-4-18)11-28(25)57-36(55)22-15-48-31(13-24(22)46)38(42,43)44/h2,5,8,11-15,18,20,27,29H,1,3-4,6-7,9-10,16-17H2,(H2,45,47)(H2,46,48). The average Bonchev–Trinajstić information content (AvgIpc) is 4.10. The fourth-order valence-corrected chi connectivity index (χ4v) is 7.29. The van der Waals surface area contributed by atoms with Crippen LogP contribution in [0.5, 0.6) is 5.75 Å². The van der Waals surface area contributed by atoms with Crippen molar-refractivity contribution in [2.75, 3.05) is 31.1 Å². The van der Waals surface area contributed by atoms with E-state index in [1.165, 1.54) is 9.80 Å². The predicted molar refractivity (Wildman–Crippen MR) is 189 cm³/mol. The van der Waals surface area contributed by atoms with Crippen LogP contribution in [0.3, 0.4) is 0 Å². The zero-order chi connectivity index (χ0) is 40.6. The minimum absolute atomic E-state index is 0.00456. The van der Waals surface area contributed by atoms with E-state index < -0.39 is 65.0 Å². The molecule has 4 N–H and O–H groups in total. The van der Waals surface area contributed by atoms with Crippen molar-refractivity contribution in [1.82, 2.24) is 29.5 Å². The number of pyridine rings is 2. The summed E-state index contributed by atoms with van der Waals surface area (Å²) in [6.45, 7) is 3.58. The Bertz CT molecular complexity index is 2320. The number of nitrogens with two attached hydrogens (primary N) is 2. The number of anilines is 2. The first kappa shape index (κ1) is 37.9. The van der Waals surface area contributed by atoms with Crippen LogP contribution in [-0.2, 0) is 28.3 Å². The zero-order valence-electron chi connectivity index (χ0n) is 29.9. The van der Waals surface area contributed by atoms with Crippen molar-refractivity contribution in [3.8, 4) is 11.4 Å². The molecule has 1 aromatic carbocycles. The Balaban J connectivity index is 1.23. The Morgan fingerprint density at radius 3 is 2.11 bits per heavy atom. The van der Waals surface area contributed by atoms with Crippen molar-refractivity contribution in [3.63, 3.8) is 0 Å². The number of aromatic nitrogens is 4. The van der Waals surface area contributed by atoms with Crippen molar-refractivity contribution in [1.29, 1.82) is 0 Å². The van der Waals surface area contributed by atoms with Crippen LogP contribution in [0.1, 0.15) is 98.4 Å². The summed E-state index contributed by atoms with van der Waals surface area (Å²) in [4.78, 5) is 50.7. The van der Waals surface area contributed by atoms with E-state index in [1.54, 1.807) is 16.8 Å². The number of carbonyl (C=O) groups excluding carboxylic acids is 3. The quantitative estimate of drug-likeness (QED) is 0.0940. The fraction of sp³-hybridized carbons (Fsp3) is 0.368. The van der Waals surface area contributed by atoms with Gasteiger partial charge in [-0.05, 0) is 67.5 Å². The van der Waals surface area contributed by atoms with E-state index in [9.17, 15) is 40.7 Å². The van der Waals surface area contributed by atoms with Gasteiger partial charge in [0.05, 0.1) is 35.6 Å². The molecule has 0 saturated heterocycles. The van der Waals surface area contributed by atoms with Gasteiger partial charge in [0.15, 0.2) is 5.75 Å². The Labute approximate surface area is 320 Å². The van der Waals surface area contributed by atoms with Crippen molar-refractivity contribution < 1.29 is 50.2 Å². The summed E-state index contributed by atoms with van der Waals surface area (Å²) in [7, 11) is 0. The number of benzene rings is 1. The lowest BCUT2D eigenvalue weighted by atomic mass is 9.94. The first-order valence-electron chi connectivity index (χ1n) is 18.0. The number of esters is 1. The van der Waals surface area contributed by atoms with Crippen LogP contribution in [-0.4, -0.2) is 73.1 Å². The van der Waals surface area contributed by atoms with E-state index >= 15 is 0 Å². The van der Waals surface area contributed by atoms with E-state index in [0.717, 1.165) is 43.5 Å². The highest BCUT2D eigenvalue weighted by molar-refractivity contribution is 5.99. The number of rotatable bonds is 8. The Morgan fingerprint density at radius 1 is 0.877 bits per heavy atom. The molecule has 0 radical (unpaired) electrons. The molecule has 298 valence electrons. The SMILES string of the molecule is C=CC(=O)N1CC(OC2CC2)c2nn(-c3ccc(C4CC4)cc3OC(=O)c3cnc(C(F)(F)F)cc3N)c3c2C(C1)N(C(=O)c1cnc(C(F)(F)F)cc1N)CC3. The number of nitrogen functional groups attached to an aromatic ring is 2. The lowest BCUT2D eigenvalue weighted by Gasteiger charge is -2.38. The second-order valence-corrected chi connectivity index (χ2v) is 14.4. The molecule has 19 heteroatoms. The third-order valence-electron chi connectivity index (χ3n) is 10.4. The predicted octanol–water partition coefficient (Wildman–Crippen LogP) is 5.95. The summed E-state index contributed by atoms with van der Waals surface area (Å²) in [6.07, 6.45) is -4.41. The summed E-state index contributed by atoms with van der Waals surface area (Å²) in [5.74, 6) is -2.00. The maximum Gasteiger partial charge on any atom is 0.433 e. The van der Waals surface area contributed by atoms with Crippen LogP contribution < -0.4 is 16.2 Å². The minimum atomic E-state index is -4.80. The van der Waals surface area contributed by atoms with E-state index in [2.05, 4.69) is 16.5 Å². The maximum atomic E-state index is 14.2. The number of carbonyl (C=O) groups is 3. The van der Waals surface area contributed by atoms with Crippen LogP contribution in [0.25, 0.3) is 5.69 Å². The lowest BCUT2D eigenvalue weighted by molar-refractivity contribution is -0.141. The van der Waals surface area contributed by atoms with Gasteiger partial charge in [-0.2, -0.15) is 31.4 Å². The molecular formula is C38H34F6N8O5. The van der Waals surface area contributed by atoms with Gasteiger partial charge in [0.1, 0.15) is 28.7 Å². The molecule has 2 amide bonds. The number of hydrogen-bond acceptors (Lipinski definition) is 10. The van der Waals surface area contributed by atoms with Crippen molar-refractivity contribution >= 4 is 29.2 Å². The number of amides is 2. The first-order valence-corrected chi connectivity index (χ1v) is 18.0. The molecule has 3 aromatic heterocycles. The van der Waals surface area contributed by atoms with Gasteiger partial charge in [-0.3, -0.25) is 19.6 Å². The topological polar surface area (TPSA) is 172 Å². The maximum absolute atomic E-state index is 14.2. The third-order valence-corrected chi connectivity index (χ3v) is 10.4. The number of halogens is 6. The molecule has 5 heterocycles. The molecule has 2 aliphatic heterocycles. The Morgan fingerprint density at radius 2 is 1.53 bits per heavy atom. The summed E-state index contributed by atoms with van der Waals surface area (Å²) < 4.78 is 94.1. The zero-order valence-corrected chi connectivity index (χ0v) is 29.9. The largest absolute Gasteiger partial charge is 0.433 e. The monoisotopic (exact) mass is 796 g/mol. The van der Waals surface area contributed by atoms with Gasteiger partial charge in [0, 0.05) is 48.8 Å². The molecule has 2 fully saturated rings. The molecule has 4 aromatic rings. The molecule has 13 nitrogen and oxygen atoms in total. The second-order valence-electron chi connectivity index (χ2n) is 14.4. The van der Waals surface area contributed by atoms with Gasteiger partial charge in [-0.15, -0.1) is 0 Å². The number of nitrogens with zero attached hydrogens (tertiary/aromatic N) is 6. The summed E-state index contributed by atoms with van der Waals surface area (Å²) >= 11 is 0. The van der Waals surface area contributed by atoms with Crippen LogP contribution in [0.4, 0.5) is 37.7 Å². The highest BCUT2D eigenvalue weighted by Gasteiger charge is 2.45. The van der Waals surface area contributed by atoms with E-state index in [0.29, 0.717) is 35.3 Å². The summed E-state index contributed by atoms with van der Waals surface area (Å²) in [6, 6.07) is 5.47. The van der Waals surface area contributed by atoms with Crippen molar-refractivity contribution in [2.45, 2.75) is 68.6 Å². The molecule has 2 unspecified atom stereocenters. The molecule has 4 aliphatic rings. The minimum Gasteiger partial charge on any atom is -0.421 e. The van der Waals surface area contributed by atoms with E-state index in [-0.39, 0.29) is 60.6 Å². The number of alkyl halides is 6. The van der Waals surface area contributed by atoms with Gasteiger partial charge in [0.25, 0.3) is 5.91 Å². The van der Waals surface area contributed by atoms with Gasteiger partial charge >= 0.3 is 18.3 Å². The van der Waals surface area contributed by atoms with Gasteiger partial charge in [-0.25, -0.2) is 9.48 Å². The third kappa shape index (κ3) is 7.26. The molecule has 8 rings (SSSR count). The molecular weight excluding hydrogens is 762 g/mol. The normalized spacial score (nSPS) is 19.5. The Kier molecular flexibility index (Phi) is 9.24. The number of hydrogen-bond donors (Lipinski definition) is 2. The van der Waals surface area contributed by atoms with Crippen LogP contribution in [0.2, 0.25) is 0 Å². The molecule has 2 saturated carbocycles. The van der Waals surface area contributed by atoms with Gasteiger partial charge in [0.2, 0.25) is 5.91 Å².